The van der Waals surface area contributed by atoms with Gasteiger partial charge >= 0.3 is 0 Å². The maximum Gasteiger partial charge on any atom is 0.209 e. The minimum absolute atomic E-state index is 0.305. The van der Waals surface area contributed by atoms with Gasteiger partial charge < -0.3 is 15.4 Å². The Bertz CT molecular complexity index is 660. The lowest BCUT2D eigenvalue weighted by molar-refractivity contribution is 0.0931. The summed E-state index contributed by atoms with van der Waals surface area (Å²) < 4.78 is 31.1. The molecule has 0 spiro atoms. The van der Waals surface area contributed by atoms with Crippen molar-refractivity contribution in [1.82, 2.24) is 15.4 Å². The molecule has 1 aromatic rings. The molecule has 0 aliphatic heterocycles. The molecular weight excluding hydrogens is 352 g/mol. The fraction of sp³-hybridized carbons (Fsp3) is 0.611. The smallest absolute Gasteiger partial charge is 0.209 e. The number of benzene rings is 1. The van der Waals surface area contributed by atoms with E-state index in [9.17, 15) is 8.42 Å². The van der Waals surface area contributed by atoms with Gasteiger partial charge in [0, 0.05) is 25.7 Å². The van der Waals surface area contributed by atoms with Crippen molar-refractivity contribution in [2.75, 3.05) is 33.0 Å². The lowest BCUT2D eigenvalue weighted by Crippen LogP contribution is -2.53. The molecule has 1 atom stereocenters. The molecule has 0 radical (unpaired) electrons. The lowest BCUT2D eigenvalue weighted by Gasteiger charge is -2.26. The standard InChI is InChI=1S/C18H32N4O3S/c1-15(12-25-13-16-9-7-6-8-10-16)11-20-17(19-4)21-14-18(2,3)22-26(5,23)24/h6-10,15,22H,11-14H2,1-5H3,(H2,19,20,21). The van der Waals surface area contributed by atoms with Crippen molar-refractivity contribution < 1.29 is 13.2 Å². The zero-order valence-corrected chi connectivity index (χ0v) is 17.2. The summed E-state index contributed by atoms with van der Waals surface area (Å²) in [5.74, 6) is 0.933. The molecule has 1 aromatic carbocycles. The van der Waals surface area contributed by atoms with E-state index in [0.29, 0.717) is 38.2 Å². The van der Waals surface area contributed by atoms with Crippen LogP contribution in [0.4, 0.5) is 0 Å². The Kier molecular flexibility index (Phi) is 9.04. The molecule has 0 aliphatic carbocycles. The minimum Gasteiger partial charge on any atom is -0.376 e. The maximum atomic E-state index is 11.4. The predicted molar refractivity (Wildman–Crippen MR) is 107 cm³/mol. The highest BCUT2D eigenvalue weighted by Gasteiger charge is 2.22. The predicted octanol–water partition coefficient (Wildman–Crippen LogP) is 1.33. The van der Waals surface area contributed by atoms with E-state index in [1.807, 2.05) is 44.2 Å². The molecule has 148 valence electrons. The first-order valence-electron chi connectivity index (χ1n) is 8.66. The highest BCUT2D eigenvalue weighted by atomic mass is 32.2. The van der Waals surface area contributed by atoms with Crippen LogP contribution in [0.5, 0.6) is 0 Å². The van der Waals surface area contributed by atoms with Crippen molar-refractivity contribution in [3.63, 3.8) is 0 Å². The summed E-state index contributed by atoms with van der Waals surface area (Å²) in [4.78, 5) is 4.16. The number of nitrogens with zero attached hydrogens (tertiary/aromatic N) is 1. The molecule has 8 heteroatoms. The van der Waals surface area contributed by atoms with E-state index in [0.717, 1.165) is 11.8 Å². The van der Waals surface area contributed by atoms with Gasteiger partial charge in [-0.3, -0.25) is 4.99 Å². The van der Waals surface area contributed by atoms with Gasteiger partial charge in [-0.1, -0.05) is 37.3 Å². The van der Waals surface area contributed by atoms with E-state index in [1.165, 1.54) is 0 Å². The minimum atomic E-state index is -3.26. The Balaban J connectivity index is 2.30. The summed E-state index contributed by atoms with van der Waals surface area (Å²) in [6.07, 6.45) is 1.15. The van der Waals surface area contributed by atoms with Crippen molar-refractivity contribution in [3.05, 3.63) is 35.9 Å². The topological polar surface area (TPSA) is 91.8 Å². The maximum absolute atomic E-state index is 11.4. The normalized spacial score (nSPS) is 14.1. The highest BCUT2D eigenvalue weighted by molar-refractivity contribution is 7.88. The van der Waals surface area contributed by atoms with E-state index in [4.69, 9.17) is 4.74 Å². The third kappa shape index (κ3) is 10.4. The van der Waals surface area contributed by atoms with Crippen LogP contribution in [0.3, 0.4) is 0 Å². The fourth-order valence-corrected chi connectivity index (χ4v) is 3.42. The summed E-state index contributed by atoms with van der Waals surface area (Å²) in [5, 5.41) is 6.38. The number of aliphatic imine (C=N–C) groups is 1. The Morgan fingerprint density at radius 2 is 1.88 bits per heavy atom. The largest absolute Gasteiger partial charge is 0.376 e. The Morgan fingerprint density at radius 1 is 1.23 bits per heavy atom. The van der Waals surface area contributed by atoms with Crippen LogP contribution in [0.25, 0.3) is 0 Å². The summed E-state index contributed by atoms with van der Waals surface area (Å²) in [6.45, 7) is 8.08. The lowest BCUT2D eigenvalue weighted by atomic mass is 10.1. The quantitative estimate of drug-likeness (QED) is 0.418. The number of nitrogens with one attached hydrogen (secondary N) is 3. The van der Waals surface area contributed by atoms with Crippen molar-refractivity contribution >= 4 is 16.0 Å². The fourth-order valence-electron chi connectivity index (χ4n) is 2.35. The second-order valence-electron chi connectivity index (χ2n) is 7.17. The monoisotopic (exact) mass is 384 g/mol. The molecule has 3 N–H and O–H groups in total. The van der Waals surface area contributed by atoms with E-state index >= 15 is 0 Å². The first-order valence-corrected chi connectivity index (χ1v) is 10.6. The summed E-state index contributed by atoms with van der Waals surface area (Å²) in [7, 11) is -1.58. The van der Waals surface area contributed by atoms with Crippen molar-refractivity contribution in [3.8, 4) is 0 Å². The third-order valence-electron chi connectivity index (χ3n) is 3.51. The molecule has 0 aliphatic rings. The average molecular weight is 385 g/mol. The first kappa shape index (κ1) is 22.4. The average Bonchev–Trinajstić information content (AvgIpc) is 2.53. The number of guanidine groups is 1. The number of hydrogen-bond acceptors (Lipinski definition) is 4. The summed E-state index contributed by atoms with van der Waals surface area (Å²) in [6, 6.07) is 10.1. The van der Waals surface area contributed by atoms with E-state index in [2.05, 4.69) is 27.3 Å². The number of sulfonamides is 1. The Labute approximate surface area is 157 Å². The molecule has 26 heavy (non-hydrogen) atoms. The number of ether oxygens (including phenoxy) is 1. The SMILES string of the molecule is CN=C(NCC(C)COCc1ccccc1)NCC(C)(C)NS(C)(=O)=O. The Morgan fingerprint density at radius 3 is 2.46 bits per heavy atom. The molecule has 0 saturated carbocycles. The van der Waals surface area contributed by atoms with Crippen molar-refractivity contribution in [2.45, 2.75) is 32.9 Å². The zero-order valence-electron chi connectivity index (χ0n) is 16.4. The van der Waals surface area contributed by atoms with Crippen molar-refractivity contribution in [1.29, 1.82) is 0 Å². The molecule has 0 saturated heterocycles. The number of hydrogen-bond donors (Lipinski definition) is 3. The van der Waals surface area contributed by atoms with Gasteiger partial charge in [-0.05, 0) is 25.3 Å². The Hall–Kier alpha value is -1.64. The summed E-state index contributed by atoms with van der Waals surface area (Å²) in [5.41, 5.74) is 0.543. The van der Waals surface area contributed by atoms with Crippen LogP contribution in [0.2, 0.25) is 0 Å². The van der Waals surface area contributed by atoms with Crippen LogP contribution in [0.1, 0.15) is 26.3 Å². The molecule has 0 heterocycles. The molecule has 0 bridgehead atoms. The molecule has 7 nitrogen and oxygen atoms in total. The van der Waals surface area contributed by atoms with Gasteiger partial charge in [0.15, 0.2) is 5.96 Å². The third-order valence-corrected chi connectivity index (χ3v) is 4.44. The van der Waals surface area contributed by atoms with Crippen LogP contribution >= 0.6 is 0 Å². The van der Waals surface area contributed by atoms with Gasteiger partial charge in [-0.2, -0.15) is 0 Å². The van der Waals surface area contributed by atoms with Gasteiger partial charge in [0.05, 0.1) is 19.5 Å². The zero-order chi connectivity index (χ0) is 19.6. The van der Waals surface area contributed by atoms with Crippen LogP contribution < -0.4 is 15.4 Å². The molecular formula is C18H32N4O3S. The van der Waals surface area contributed by atoms with Crippen molar-refractivity contribution in [2.24, 2.45) is 10.9 Å². The van der Waals surface area contributed by atoms with E-state index in [1.54, 1.807) is 7.05 Å². The van der Waals surface area contributed by atoms with Gasteiger partial charge in [0.2, 0.25) is 10.0 Å². The van der Waals surface area contributed by atoms with Gasteiger partial charge in [-0.25, -0.2) is 13.1 Å². The molecule has 0 amide bonds. The van der Waals surface area contributed by atoms with Gasteiger partial charge in [0.25, 0.3) is 0 Å². The molecule has 1 rings (SSSR count). The van der Waals surface area contributed by atoms with E-state index in [-0.39, 0.29) is 0 Å². The second-order valence-corrected chi connectivity index (χ2v) is 8.92. The molecule has 0 aromatic heterocycles. The van der Waals surface area contributed by atoms with Gasteiger partial charge in [-0.15, -0.1) is 0 Å². The van der Waals surface area contributed by atoms with Crippen LogP contribution in [0, 0.1) is 5.92 Å². The van der Waals surface area contributed by atoms with Crippen LogP contribution in [-0.2, 0) is 21.4 Å². The number of rotatable bonds is 10. The second kappa shape index (κ2) is 10.5. The first-order chi connectivity index (χ1) is 12.1. The van der Waals surface area contributed by atoms with E-state index < -0.39 is 15.6 Å². The van der Waals surface area contributed by atoms with Crippen LogP contribution in [0.15, 0.2) is 35.3 Å². The highest BCUT2D eigenvalue weighted by Crippen LogP contribution is 2.03. The summed E-state index contributed by atoms with van der Waals surface area (Å²) >= 11 is 0. The molecule has 0 fully saturated rings. The van der Waals surface area contributed by atoms with Crippen LogP contribution in [-0.4, -0.2) is 52.9 Å². The van der Waals surface area contributed by atoms with Gasteiger partial charge in [0.1, 0.15) is 0 Å². The molecule has 1 unspecified atom stereocenters.